The summed E-state index contributed by atoms with van der Waals surface area (Å²) >= 11 is 12.1. The Balaban J connectivity index is 2.42. The van der Waals surface area contributed by atoms with Crippen LogP contribution in [0, 0.1) is 0 Å². The molecule has 2 amide bonds. The molecule has 2 aromatic carbocycles. The average molecular weight is 353 g/mol. The van der Waals surface area contributed by atoms with Crippen molar-refractivity contribution in [3.05, 3.63) is 57.6 Å². The lowest BCUT2D eigenvalue weighted by Crippen LogP contribution is -2.21. The molecule has 0 aliphatic carbocycles. The van der Waals surface area contributed by atoms with Crippen molar-refractivity contribution in [1.82, 2.24) is 5.32 Å². The molecule has 7 heteroatoms. The zero-order chi connectivity index (χ0) is 17.0. The van der Waals surface area contributed by atoms with Crippen LogP contribution in [0.25, 0.3) is 0 Å². The van der Waals surface area contributed by atoms with Crippen molar-refractivity contribution in [3.63, 3.8) is 0 Å². The Morgan fingerprint density at radius 2 is 1.65 bits per heavy atom. The molecule has 0 spiro atoms. The second-order valence-electron chi connectivity index (χ2n) is 4.52. The van der Waals surface area contributed by atoms with Crippen molar-refractivity contribution in [2.75, 3.05) is 19.5 Å². The fraction of sp³-hybridized carbons (Fsp3) is 0.125. The van der Waals surface area contributed by atoms with Crippen molar-refractivity contribution in [2.45, 2.75) is 0 Å². The quantitative estimate of drug-likeness (QED) is 0.882. The molecule has 0 fully saturated rings. The Bertz CT molecular complexity index is 763. The predicted molar refractivity (Wildman–Crippen MR) is 90.8 cm³/mol. The van der Waals surface area contributed by atoms with Crippen LogP contribution in [-0.4, -0.2) is 26.0 Å². The van der Waals surface area contributed by atoms with E-state index in [1.807, 2.05) is 0 Å². The zero-order valence-electron chi connectivity index (χ0n) is 12.4. The van der Waals surface area contributed by atoms with E-state index in [0.29, 0.717) is 11.3 Å². The van der Waals surface area contributed by atoms with Gasteiger partial charge in [-0.1, -0.05) is 35.3 Å². The number of anilines is 1. The lowest BCUT2D eigenvalue weighted by Gasteiger charge is -2.14. The van der Waals surface area contributed by atoms with Gasteiger partial charge in [-0.05, 0) is 24.3 Å². The molecule has 2 aromatic rings. The Morgan fingerprint density at radius 3 is 2.30 bits per heavy atom. The maximum atomic E-state index is 12.6. The number of rotatable bonds is 4. The van der Waals surface area contributed by atoms with E-state index in [2.05, 4.69) is 10.6 Å². The van der Waals surface area contributed by atoms with Gasteiger partial charge in [0.15, 0.2) is 5.75 Å². The van der Waals surface area contributed by atoms with Gasteiger partial charge in [0.2, 0.25) is 0 Å². The van der Waals surface area contributed by atoms with Crippen LogP contribution < -0.4 is 15.4 Å². The molecule has 120 valence electrons. The molecule has 0 radical (unpaired) electrons. The summed E-state index contributed by atoms with van der Waals surface area (Å²) in [6.45, 7) is 0. The van der Waals surface area contributed by atoms with E-state index < -0.39 is 5.91 Å². The van der Waals surface area contributed by atoms with Gasteiger partial charge in [-0.25, -0.2) is 0 Å². The molecule has 0 aromatic heterocycles. The van der Waals surface area contributed by atoms with Gasteiger partial charge < -0.3 is 15.4 Å². The first-order valence-electron chi connectivity index (χ1n) is 6.64. The van der Waals surface area contributed by atoms with Crippen LogP contribution in [0.2, 0.25) is 10.0 Å². The number of hydrogen-bond donors (Lipinski definition) is 2. The van der Waals surface area contributed by atoms with Crippen molar-refractivity contribution in [3.8, 4) is 5.75 Å². The molecular weight excluding hydrogens is 339 g/mol. The molecule has 0 heterocycles. The fourth-order valence-corrected chi connectivity index (χ4v) is 2.52. The van der Waals surface area contributed by atoms with E-state index in [4.69, 9.17) is 27.9 Å². The second kappa shape index (κ2) is 7.35. The molecule has 23 heavy (non-hydrogen) atoms. The van der Waals surface area contributed by atoms with Crippen LogP contribution in [0.4, 0.5) is 5.69 Å². The molecule has 0 saturated heterocycles. The van der Waals surface area contributed by atoms with Crippen LogP contribution in [-0.2, 0) is 0 Å². The van der Waals surface area contributed by atoms with Gasteiger partial charge in [-0.2, -0.15) is 0 Å². The Hall–Kier alpha value is -2.24. The number of hydrogen-bond acceptors (Lipinski definition) is 3. The summed E-state index contributed by atoms with van der Waals surface area (Å²) in [6.07, 6.45) is 0. The average Bonchev–Trinajstić information content (AvgIpc) is 2.56. The molecule has 0 saturated carbocycles. The van der Waals surface area contributed by atoms with Gasteiger partial charge >= 0.3 is 0 Å². The number of halogens is 2. The Kier molecular flexibility index (Phi) is 5.47. The number of carbonyl (C=O) groups is 2. The first-order valence-corrected chi connectivity index (χ1v) is 7.39. The minimum atomic E-state index is -0.522. The zero-order valence-corrected chi connectivity index (χ0v) is 14.0. The van der Waals surface area contributed by atoms with Crippen LogP contribution in [0.1, 0.15) is 20.7 Å². The standard InChI is InChI=1S/C16H14Cl2N2O3/c1-19-15(21)9-5-3-4-6-12(9)20-16(22)13-10(17)7-8-11(18)14(13)23-2/h3-8H,1-2H3,(H,19,21)(H,20,22). The minimum Gasteiger partial charge on any atom is -0.494 e. The lowest BCUT2D eigenvalue weighted by molar-refractivity contribution is 0.0964. The van der Waals surface area contributed by atoms with Crippen molar-refractivity contribution >= 4 is 40.7 Å². The lowest BCUT2D eigenvalue weighted by atomic mass is 10.1. The monoisotopic (exact) mass is 352 g/mol. The normalized spacial score (nSPS) is 10.1. The van der Waals surface area contributed by atoms with Crippen LogP contribution >= 0.6 is 23.2 Å². The highest BCUT2D eigenvalue weighted by molar-refractivity contribution is 6.37. The van der Waals surface area contributed by atoms with E-state index in [1.165, 1.54) is 26.3 Å². The minimum absolute atomic E-state index is 0.105. The largest absolute Gasteiger partial charge is 0.494 e. The van der Waals surface area contributed by atoms with Gasteiger partial charge in [0.25, 0.3) is 11.8 Å². The third kappa shape index (κ3) is 3.57. The SMILES string of the molecule is CNC(=O)c1ccccc1NC(=O)c1c(Cl)ccc(Cl)c1OC. The molecular formula is C16H14Cl2N2O3. The highest BCUT2D eigenvalue weighted by Gasteiger charge is 2.21. The third-order valence-electron chi connectivity index (χ3n) is 3.14. The van der Waals surface area contributed by atoms with Crippen molar-refractivity contribution < 1.29 is 14.3 Å². The number of ether oxygens (including phenoxy) is 1. The van der Waals surface area contributed by atoms with E-state index in [9.17, 15) is 9.59 Å². The maximum absolute atomic E-state index is 12.6. The number of carbonyl (C=O) groups excluding carboxylic acids is 2. The maximum Gasteiger partial charge on any atom is 0.261 e. The van der Waals surface area contributed by atoms with Gasteiger partial charge in [0, 0.05) is 7.05 Å². The summed E-state index contributed by atoms with van der Waals surface area (Å²) < 4.78 is 5.16. The van der Waals surface area contributed by atoms with Crippen molar-refractivity contribution in [1.29, 1.82) is 0 Å². The topological polar surface area (TPSA) is 67.4 Å². The molecule has 0 atom stereocenters. The smallest absolute Gasteiger partial charge is 0.261 e. The Morgan fingerprint density at radius 1 is 1.00 bits per heavy atom. The Labute approximate surface area is 143 Å². The van der Waals surface area contributed by atoms with Crippen LogP contribution in [0.15, 0.2) is 36.4 Å². The number of methoxy groups -OCH3 is 1. The van der Waals surface area contributed by atoms with E-state index in [-0.39, 0.29) is 27.3 Å². The second-order valence-corrected chi connectivity index (χ2v) is 5.33. The number of benzene rings is 2. The van der Waals surface area contributed by atoms with Gasteiger partial charge in [-0.15, -0.1) is 0 Å². The molecule has 5 nitrogen and oxygen atoms in total. The summed E-state index contributed by atoms with van der Waals surface area (Å²) in [5, 5.41) is 5.64. The van der Waals surface area contributed by atoms with E-state index in [0.717, 1.165) is 0 Å². The third-order valence-corrected chi connectivity index (χ3v) is 3.75. The predicted octanol–water partition coefficient (Wildman–Crippen LogP) is 3.61. The summed E-state index contributed by atoms with van der Waals surface area (Å²) in [7, 11) is 2.91. The number of nitrogens with one attached hydrogen (secondary N) is 2. The van der Waals surface area contributed by atoms with E-state index >= 15 is 0 Å². The summed E-state index contributed by atoms with van der Waals surface area (Å²) in [6, 6.07) is 9.68. The molecule has 0 aliphatic heterocycles. The molecule has 2 N–H and O–H groups in total. The highest BCUT2D eigenvalue weighted by Crippen LogP contribution is 2.34. The van der Waals surface area contributed by atoms with Gasteiger partial charge in [0.1, 0.15) is 5.56 Å². The molecule has 0 aliphatic rings. The van der Waals surface area contributed by atoms with Crippen molar-refractivity contribution in [2.24, 2.45) is 0 Å². The summed E-state index contributed by atoms with van der Waals surface area (Å²) in [5.41, 5.74) is 0.795. The molecule has 0 bridgehead atoms. The highest BCUT2D eigenvalue weighted by atomic mass is 35.5. The molecule has 2 rings (SSSR count). The summed E-state index contributed by atoms with van der Waals surface area (Å²) in [4.78, 5) is 24.4. The number of amides is 2. The number of para-hydroxylation sites is 1. The van der Waals surface area contributed by atoms with Crippen LogP contribution in [0.5, 0.6) is 5.75 Å². The van der Waals surface area contributed by atoms with E-state index in [1.54, 1.807) is 24.3 Å². The van der Waals surface area contributed by atoms with Gasteiger partial charge in [-0.3, -0.25) is 9.59 Å². The first-order chi connectivity index (χ1) is 11.0. The fourth-order valence-electron chi connectivity index (χ4n) is 2.05. The summed E-state index contributed by atoms with van der Waals surface area (Å²) in [5.74, 6) is -0.662. The van der Waals surface area contributed by atoms with Crippen LogP contribution in [0.3, 0.4) is 0 Å². The molecule has 0 unspecified atom stereocenters. The van der Waals surface area contributed by atoms with Gasteiger partial charge in [0.05, 0.1) is 28.4 Å². The first kappa shape index (κ1) is 17.1.